The maximum absolute atomic E-state index is 13.1. The lowest BCUT2D eigenvalue weighted by Crippen LogP contribution is -2.16. The number of para-hydroxylation sites is 2. The largest absolute Gasteiger partial charge is 0.462 e. The monoisotopic (exact) mass is 508 g/mol. The van der Waals surface area contributed by atoms with Gasteiger partial charge in [-0.2, -0.15) is 0 Å². The molecule has 0 amide bonds. The van der Waals surface area contributed by atoms with Gasteiger partial charge in [0.25, 0.3) is 10.0 Å². The second-order valence-electron chi connectivity index (χ2n) is 8.09. The molecule has 0 saturated heterocycles. The molecule has 4 aromatic rings. The number of carbonyl (C=O) groups is 1. The molecule has 0 spiro atoms. The number of nitrogens with one attached hydrogen (secondary N) is 2. The van der Waals surface area contributed by atoms with Gasteiger partial charge in [0.05, 0.1) is 28.1 Å². The summed E-state index contributed by atoms with van der Waals surface area (Å²) in [6, 6.07) is 15.3. The molecule has 10 heteroatoms. The van der Waals surface area contributed by atoms with E-state index in [-0.39, 0.29) is 23.1 Å². The van der Waals surface area contributed by atoms with E-state index in [1.54, 1.807) is 37.3 Å². The minimum Gasteiger partial charge on any atom is -0.462 e. The van der Waals surface area contributed by atoms with Gasteiger partial charge < -0.3 is 10.1 Å². The highest BCUT2D eigenvalue weighted by atomic mass is 32.2. The lowest BCUT2D eigenvalue weighted by Gasteiger charge is -2.14. The summed E-state index contributed by atoms with van der Waals surface area (Å²) in [7, 11) is -3.91. The summed E-state index contributed by atoms with van der Waals surface area (Å²) in [5.41, 5.74) is 2.64. The Balaban J connectivity index is 1.61. The number of sulfonamides is 1. The SMILES string of the molecule is CCOC(=O)c1c(Nc2nc3ccccc3nc2NS(=O)(=O)c2ccccc2)sc2c1CCCC2. The molecule has 0 atom stereocenters. The van der Waals surface area contributed by atoms with E-state index in [1.165, 1.54) is 23.5 Å². The maximum atomic E-state index is 13.1. The number of fused-ring (bicyclic) bond motifs is 2. The van der Waals surface area contributed by atoms with E-state index in [1.807, 2.05) is 12.1 Å². The summed E-state index contributed by atoms with van der Waals surface area (Å²) in [4.78, 5) is 23.4. The molecule has 1 aliphatic carbocycles. The first-order valence-electron chi connectivity index (χ1n) is 11.4. The van der Waals surface area contributed by atoms with Crippen molar-refractivity contribution >= 4 is 55.0 Å². The minimum atomic E-state index is -3.91. The summed E-state index contributed by atoms with van der Waals surface area (Å²) < 4.78 is 34.1. The van der Waals surface area contributed by atoms with Crippen LogP contribution in [0.25, 0.3) is 11.0 Å². The molecule has 0 unspecified atom stereocenters. The third-order valence-electron chi connectivity index (χ3n) is 5.74. The number of esters is 1. The number of aryl methyl sites for hydroxylation is 1. The van der Waals surface area contributed by atoms with E-state index < -0.39 is 16.0 Å². The number of hydrogen-bond donors (Lipinski definition) is 2. The zero-order chi connectivity index (χ0) is 24.4. The van der Waals surface area contributed by atoms with Gasteiger partial charge in [-0.05, 0) is 62.4 Å². The van der Waals surface area contributed by atoms with E-state index in [9.17, 15) is 13.2 Å². The number of aromatic nitrogens is 2. The van der Waals surface area contributed by atoms with Crippen LogP contribution in [0.5, 0.6) is 0 Å². The number of rotatable bonds is 7. The first-order chi connectivity index (χ1) is 17.0. The Labute approximate surface area is 207 Å². The van der Waals surface area contributed by atoms with Crippen molar-refractivity contribution in [2.75, 3.05) is 16.6 Å². The zero-order valence-corrected chi connectivity index (χ0v) is 20.7. The Morgan fingerprint density at radius 2 is 1.63 bits per heavy atom. The van der Waals surface area contributed by atoms with Crippen LogP contribution in [0.15, 0.2) is 59.5 Å². The fraction of sp³-hybridized carbons (Fsp3) is 0.240. The Morgan fingerprint density at radius 1 is 0.971 bits per heavy atom. The van der Waals surface area contributed by atoms with Crippen molar-refractivity contribution in [3.63, 3.8) is 0 Å². The number of anilines is 3. The van der Waals surface area contributed by atoms with Crippen molar-refractivity contribution in [3.05, 3.63) is 70.6 Å². The van der Waals surface area contributed by atoms with Crippen molar-refractivity contribution in [3.8, 4) is 0 Å². The quantitative estimate of drug-likeness (QED) is 0.326. The second-order valence-corrected chi connectivity index (χ2v) is 10.9. The van der Waals surface area contributed by atoms with Crippen LogP contribution >= 0.6 is 11.3 Å². The van der Waals surface area contributed by atoms with Gasteiger partial charge in [0.2, 0.25) is 0 Å². The molecule has 8 nitrogen and oxygen atoms in total. The molecule has 0 bridgehead atoms. The molecule has 5 rings (SSSR count). The summed E-state index contributed by atoms with van der Waals surface area (Å²) in [6.07, 6.45) is 3.77. The highest BCUT2D eigenvalue weighted by Crippen LogP contribution is 2.41. The van der Waals surface area contributed by atoms with E-state index in [4.69, 9.17) is 4.74 Å². The highest BCUT2D eigenvalue weighted by Gasteiger charge is 2.28. The van der Waals surface area contributed by atoms with Crippen LogP contribution in [0.3, 0.4) is 0 Å². The zero-order valence-electron chi connectivity index (χ0n) is 19.1. The molecule has 1 aliphatic rings. The maximum Gasteiger partial charge on any atom is 0.341 e. The molecular formula is C25H24N4O4S2. The molecule has 2 heterocycles. The molecule has 2 N–H and O–H groups in total. The number of benzene rings is 2. The van der Waals surface area contributed by atoms with Gasteiger partial charge in [-0.3, -0.25) is 4.72 Å². The number of carbonyl (C=O) groups excluding carboxylic acids is 1. The number of hydrogen-bond acceptors (Lipinski definition) is 8. The summed E-state index contributed by atoms with van der Waals surface area (Å²) in [5.74, 6) is -0.129. The van der Waals surface area contributed by atoms with Crippen LogP contribution in [0.2, 0.25) is 0 Å². The lowest BCUT2D eigenvalue weighted by atomic mass is 9.95. The Bertz CT molecular complexity index is 1500. The van der Waals surface area contributed by atoms with Gasteiger partial charge in [-0.1, -0.05) is 30.3 Å². The topological polar surface area (TPSA) is 110 Å². The molecule has 35 heavy (non-hydrogen) atoms. The Hall–Kier alpha value is -3.50. The highest BCUT2D eigenvalue weighted by molar-refractivity contribution is 7.92. The van der Waals surface area contributed by atoms with Gasteiger partial charge >= 0.3 is 5.97 Å². The third kappa shape index (κ3) is 4.71. The fourth-order valence-electron chi connectivity index (χ4n) is 4.12. The molecule has 0 saturated carbocycles. The summed E-state index contributed by atoms with van der Waals surface area (Å²) >= 11 is 1.48. The van der Waals surface area contributed by atoms with E-state index in [0.29, 0.717) is 21.6 Å². The van der Waals surface area contributed by atoms with Gasteiger partial charge in [-0.25, -0.2) is 23.2 Å². The first-order valence-corrected chi connectivity index (χ1v) is 13.7. The number of nitrogens with zero attached hydrogens (tertiary/aromatic N) is 2. The van der Waals surface area contributed by atoms with Crippen molar-refractivity contribution in [1.82, 2.24) is 9.97 Å². The van der Waals surface area contributed by atoms with Gasteiger partial charge in [0, 0.05) is 4.88 Å². The van der Waals surface area contributed by atoms with Crippen molar-refractivity contribution < 1.29 is 17.9 Å². The lowest BCUT2D eigenvalue weighted by molar-refractivity contribution is 0.0526. The molecule has 2 aromatic heterocycles. The van der Waals surface area contributed by atoms with E-state index in [0.717, 1.165) is 36.1 Å². The van der Waals surface area contributed by atoms with Crippen LogP contribution < -0.4 is 10.0 Å². The van der Waals surface area contributed by atoms with E-state index in [2.05, 4.69) is 20.0 Å². The second kappa shape index (κ2) is 9.63. The van der Waals surface area contributed by atoms with Crippen molar-refractivity contribution in [2.45, 2.75) is 37.5 Å². The summed E-state index contributed by atoms with van der Waals surface area (Å²) in [5, 5.41) is 3.80. The predicted octanol–water partition coefficient (Wildman–Crippen LogP) is 5.29. The third-order valence-corrected chi connectivity index (χ3v) is 8.30. The molecule has 180 valence electrons. The van der Waals surface area contributed by atoms with Crippen LogP contribution in [0, 0.1) is 0 Å². The normalized spacial score (nSPS) is 13.3. The summed E-state index contributed by atoms with van der Waals surface area (Å²) in [6.45, 7) is 2.04. The standard InChI is InChI=1S/C25H24N4O4S2/c1-2-33-25(30)21-17-12-6-9-15-20(17)34-24(21)28-22-23(27-19-14-8-7-13-18(19)26-22)29-35(31,32)16-10-4-3-5-11-16/h3-5,7-8,10-11,13-14H,2,6,9,12,15H2,1H3,(H,26,28)(H,27,29). The van der Waals surface area contributed by atoms with Crippen molar-refractivity contribution in [1.29, 1.82) is 0 Å². The van der Waals surface area contributed by atoms with Gasteiger partial charge in [0.1, 0.15) is 5.00 Å². The fourth-order valence-corrected chi connectivity index (χ4v) is 6.43. The number of ether oxygens (including phenoxy) is 1. The Kier molecular flexibility index (Phi) is 6.40. The van der Waals surface area contributed by atoms with Gasteiger partial charge in [0.15, 0.2) is 11.6 Å². The first kappa shape index (κ1) is 23.3. The average Bonchev–Trinajstić information content (AvgIpc) is 3.23. The molecular weight excluding hydrogens is 484 g/mol. The average molecular weight is 509 g/mol. The predicted molar refractivity (Wildman–Crippen MR) is 137 cm³/mol. The van der Waals surface area contributed by atoms with Crippen LogP contribution in [-0.2, 0) is 27.6 Å². The molecule has 0 aliphatic heterocycles. The Morgan fingerprint density at radius 3 is 2.34 bits per heavy atom. The molecule has 0 fully saturated rings. The molecule has 2 aromatic carbocycles. The molecule has 0 radical (unpaired) electrons. The van der Waals surface area contributed by atoms with Crippen molar-refractivity contribution in [2.24, 2.45) is 0 Å². The van der Waals surface area contributed by atoms with E-state index >= 15 is 0 Å². The van der Waals surface area contributed by atoms with Gasteiger partial charge in [-0.15, -0.1) is 11.3 Å². The van der Waals surface area contributed by atoms with Crippen LogP contribution in [0.4, 0.5) is 16.6 Å². The van der Waals surface area contributed by atoms with Crippen LogP contribution in [0.1, 0.15) is 40.6 Å². The van der Waals surface area contributed by atoms with Crippen LogP contribution in [-0.4, -0.2) is 31.0 Å². The number of thiophene rings is 1. The smallest absolute Gasteiger partial charge is 0.341 e. The minimum absolute atomic E-state index is 0.0498.